The molecule has 56 valence electrons. The lowest BCUT2D eigenvalue weighted by molar-refractivity contribution is -0.142. The lowest BCUT2D eigenvalue weighted by Gasteiger charge is -2.15. The summed E-state index contributed by atoms with van der Waals surface area (Å²) in [5.74, 6) is 0. The number of hydrogen-bond donors (Lipinski definition) is 0. The number of alkyl halides is 3. The molecule has 0 bridgehead atoms. The van der Waals surface area contributed by atoms with E-state index >= 15 is 0 Å². The van der Waals surface area contributed by atoms with E-state index < -0.39 is 12.7 Å². The lowest BCUT2D eigenvalue weighted by Crippen LogP contribution is -2.30. The van der Waals surface area contributed by atoms with E-state index in [-0.39, 0.29) is 0 Å². The van der Waals surface area contributed by atoms with E-state index in [4.69, 9.17) is 0 Å². The van der Waals surface area contributed by atoms with Crippen molar-refractivity contribution in [3.63, 3.8) is 0 Å². The summed E-state index contributed by atoms with van der Waals surface area (Å²) >= 11 is 0. The van der Waals surface area contributed by atoms with Crippen molar-refractivity contribution in [3.05, 3.63) is 0 Å². The van der Waals surface area contributed by atoms with Crippen molar-refractivity contribution in [3.8, 4) is 0 Å². The standard InChI is InChI=1S/C5H10F3N/c1-3-9(2)4-5(6,7)8/h3-4H2,1-2H3. The highest BCUT2D eigenvalue weighted by molar-refractivity contribution is 4.55. The predicted molar refractivity (Wildman–Crippen MR) is 29.2 cm³/mol. The van der Waals surface area contributed by atoms with Gasteiger partial charge in [0, 0.05) is 0 Å². The van der Waals surface area contributed by atoms with Gasteiger partial charge in [-0.3, -0.25) is 4.90 Å². The van der Waals surface area contributed by atoms with Gasteiger partial charge in [-0.05, 0) is 13.6 Å². The highest BCUT2D eigenvalue weighted by Crippen LogP contribution is 2.14. The summed E-state index contributed by atoms with van der Waals surface area (Å²) in [5.41, 5.74) is 0. The molecule has 0 N–H and O–H groups in total. The van der Waals surface area contributed by atoms with Gasteiger partial charge in [-0.25, -0.2) is 0 Å². The Morgan fingerprint density at radius 1 is 1.33 bits per heavy atom. The Bertz CT molecular complexity index is 78.8. The van der Waals surface area contributed by atoms with Gasteiger partial charge in [0.05, 0.1) is 6.54 Å². The summed E-state index contributed by atoms with van der Waals surface area (Å²) in [5, 5.41) is 0. The van der Waals surface area contributed by atoms with Crippen LogP contribution in [-0.4, -0.2) is 31.2 Å². The number of hydrogen-bond acceptors (Lipinski definition) is 1. The second-order valence-electron chi connectivity index (χ2n) is 1.95. The van der Waals surface area contributed by atoms with Gasteiger partial charge in [0.2, 0.25) is 0 Å². The minimum atomic E-state index is -4.05. The maximum Gasteiger partial charge on any atom is 0.401 e. The summed E-state index contributed by atoms with van der Waals surface area (Å²) in [6.45, 7) is 1.30. The maximum atomic E-state index is 11.5. The molecule has 0 aromatic rings. The van der Waals surface area contributed by atoms with Crippen molar-refractivity contribution in [1.29, 1.82) is 0 Å². The van der Waals surface area contributed by atoms with Crippen LogP contribution in [0, 0.1) is 0 Å². The highest BCUT2D eigenvalue weighted by Gasteiger charge is 2.28. The molecule has 0 aliphatic carbocycles. The number of rotatable bonds is 2. The fraction of sp³-hybridized carbons (Fsp3) is 1.00. The summed E-state index contributed by atoms with van der Waals surface area (Å²) in [6.07, 6.45) is -4.05. The van der Waals surface area contributed by atoms with Crippen LogP contribution < -0.4 is 0 Å². The molecule has 1 nitrogen and oxygen atoms in total. The van der Waals surface area contributed by atoms with Crippen LogP contribution >= 0.6 is 0 Å². The second-order valence-corrected chi connectivity index (χ2v) is 1.95. The van der Waals surface area contributed by atoms with Gasteiger partial charge in [0.15, 0.2) is 0 Å². The van der Waals surface area contributed by atoms with Crippen molar-refractivity contribution in [2.75, 3.05) is 20.1 Å². The van der Waals surface area contributed by atoms with E-state index in [1.165, 1.54) is 11.9 Å². The smallest absolute Gasteiger partial charge is 0.298 e. The average Bonchev–Trinajstić information content (AvgIpc) is 1.62. The quantitative estimate of drug-likeness (QED) is 0.563. The zero-order valence-corrected chi connectivity index (χ0v) is 5.50. The van der Waals surface area contributed by atoms with Gasteiger partial charge in [-0.15, -0.1) is 0 Å². The van der Waals surface area contributed by atoms with Crippen LogP contribution in [0.15, 0.2) is 0 Å². The van der Waals surface area contributed by atoms with Crippen LogP contribution in [-0.2, 0) is 0 Å². The molecule has 0 aromatic carbocycles. The molecular weight excluding hydrogens is 131 g/mol. The van der Waals surface area contributed by atoms with Crippen molar-refractivity contribution >= 4 is 0 Å². The van der Waals surface area contributed by atoms with Gasteiger partial charge >= 0.3 is 6.18 Å². The van der Waals surface area contributed by atoms with Crippen LogP contribution in [0.2, 0.25) is 0 Å². The largest absolute Gasteiger partial charge is 0.401 e. The van der Waals surface area contributed by atoms with Crippen LogP contribution in [0.5, 0.6) is 0 Å². The number of halogens is 3. The number of nitrogens with zero attached hydrogens (tertiary/aromatic N) is 1. The van der Waals surface area contributed by atoms with E-state index in [0.29, 0.717) is 6.54 Å². The molecule has 4 heteroatoms. The third kappa shape index (κ3) is 5.62. The predicted octanol–water partition coefficient (Wildman–Crippen LogP) is 1.50. The van der Waals surface area contributed by atoms with Crippen LogP contribution in [0.1, 0.15) is 6.92 Å². The molecule has 0 aromatic heterocycles. The summed E-state index contributed by atoms with van der Waals surface area (Å²) in [6, 6.07) is 0. The van der Waals surface area contributed by atoms with Crippen LogP contribution in [0.3, 0.4) is 0 Å². The Labute approximate surface area is 52.5 Å². The minimum Gasteiger partial charge on any atom is -0.298 e. The first-order valence-corrected chi connectivity index (χ1v) is 2.71. The Morgan fingerprint density at radius 3 is 1.89 bits per heavy atom. The Kier molecular flexibility index (Phi) is 2.97. The maximum absolute atomic E-state index is 11.5. The monoisotopic (exact) mass is 141 g/mol. The molecule has 0 atom stereocenters. The summed E-state index contributed by atoms with van der Waals surface area (Å²) in [4.78, 5) is 1.21. The fourth-order valence-electron chi connectivity index (χ4n) is 0.418. The lowest BCUT2D eigenvalue weighted by atomic mass is 10.5. The van der Waals surface area contributed by atoms with Gasteiger partial charge in [0.25, 0.3) is 0 Å². The van der Waals surface area contributed by atoms with E-state index in [1.807, 2.05) is 0 Å². The third-order valence-electron chi connectivity index (χ3n) is 0.989. The molecular formula is C5H10F3N. The molecule has 0 spiro atoms. The van der Waals surface area contributed by atoms with E-state index in [1.54, 1.807) is 6.92 Å². The van der Waals surface area contributed by atoms with Gasteiger partial charge < -0.3 is 0 Å². The van der Waals surface area contributed by atoms with Gasteiger partial charge in [-0.2, -0.15) is 13.2 Å². The minimum absolute atomic E-state index is 0.430. The molecule has 0 aliphatic rings. The van der Waals surface area contributed by atoms with Crippen molar-refractivity contribution in [1.82, 2.24) is 4.90 Å². The van der Waals surface area contributed by atoms with E-state index in [0.717, 1.165) is 0 Å². The Hall–Kier alpha value is -0.250. The molecule has 0 heterocycles. The van der Waals surface area contributed by atoms with Crippen molar-refractivity contribution < 1.29 is 13.2 Å². The molecule has 0 amide bonds. The average molecular weight is 141 g/mol. The van der Waals surface area contributed by atoms with Crippen LogP contribution in [0.25, 0.3) is 0 Å². The van der Waals surface area contributed by atoms with Gasteiger partial charge in [0.1, 0.15) is 0 Å². The zero-order chi connectivity index (χ0) is 7.49. The van der Waals surface area contributed by atoms with Gasteiger partial charge in [-0.1, -0.05) is 6.92 Å². The van der Waals surface area contributed by atoms with Crippen molar-refractivity contribution in [2.45, 2.75) is 13.1 Å². The van der Waals surface area contributed by atoms with Crippen molar-refractivity contribution in [2.24, 2.45) is 0 Å². The summed E-state index contributed by atoms with van der Waals surface area (Å²) in [7, 11) is 1.44. The highest BCUT2D eigenvalue weighted by atomic mass is 19.4. The Balaban J connectivity index is 3.47. The van der Waals surface area contributed by atoms with E-state index in [2.05, 4.69) is 0 Å². The van der Waals surface area contributed by atoms with E-state index in [9.17, 15) is 13.2 Å². The molecule has 9 heavy (non-hydrogen) atoms. The molecule has 0 aliphatic heterocycles. The normalized spacial score (nSPS) is 12.7. The molecule has 0 saturated heterocycles. The topological polar surface area (TPSA) is 3.24 Å². The Morgan fingerprint density at radius 2 is 1.78 bits per heavy atom. The fourth-order valence-corrected chi connectivity index (χ4v) is 0.418. The summed E-state index contributed by atoms with van der Waals surface area (Å²) < 4.78 is 34.4. The van der Waals surface area contributed by atoms with Crippen LogP contribution in [0.4, 0.5) is 13.2 Å². The first kappa shape index (κ1) is 8.75. The first-order chi connectivity index (χ1) is 3.95. The molecule has 0 unspecified atom stereocenters. The zero-order valence-electron chi connectivity index (χ0n) is 5.50. The molecule has 0 fully saturated rings. The first-order valence-electron chi connectivity index (χ1n) is 2.71. The third-order valence-corrected chi connectivity index (χ3v) is 0.989. The molecule has 0 rings (SSSR count). The molecule has 0 saturated carbocycles. The SMILES string of the molecule is CCN(C)CC(F)(F)F. The molecule has 0 radical (unpaired) electrons. The second kappa shape index (κ2) is 3.06.